The maximum Gasteiger partial charge on any atom is 0.337 e. The van der Waals surface area contributed by atoms with Gasteiger partial charge in [-0.25, -0.2) is 9.59 Å². The van der Waals surface area contributed by atoms with Crippen LogP contribution in [0, 0.1) is 3.57 Å². The van der Waals surface area contributed by atoms with Gasteiger partial charge in [-0.15, -0.1) is 0 Å². The fourth-order valence-electron chi connectivity index (χ4n) is 2.78. The molecule has 0 saturated heterocycles. The molecule has 0 atom stereocenters. The van der Waals surface area contributed by atoms with E-state index in [2.05, 4.69) is 32.3 Å². The highest BCUT2D eigenvalue weighted by Gasteiger charge is 2.09. The summed E-state index contributed by atoms with van der Waals surface area (Å²) in [5.74, 6) is -1.19. The van der Waals surface area contributed by atoms with Gasteiger partial charge >= 0.3 is 11.9 Å². The largest absolute Gasteiger partial charge is 0.478 e. The number of fused-ring (bicyclic) bond motifs is 2. The number of hydrogen-bond donors (Lipinski definition) is 2. The van der Waals surface area contributed by atoms with E-state index < -0.39 is 5.97 Å². The summed E-state index contributed by atoms with van der Waals surface area (Å²) in [5, 5.41) is 10.7. The summed E-state index contributed by atoms with van der Waals surface area (Å²) in [4.78, 5) is 24.9. The maximum atomic E-state index is 11.3. The molecule has 7 heteroatoms. The van der Waals surface area contributed by atoms with Crippen molar-refractivity contribution in [1.29, 1.82) is 0 Å². The van der Waals surface area contributed by atoms with Crippen LogP contribution in [0.5, 0.6) is 0 Å². The molecule has 0 aliphatic rings. The van der Waals surface area contributed by atoms with Crippen molar-refractivity contribution < 1.29 is 19.4 Å². The quantitative estimate of drug-likeness (QED) is 0.331. The first-order valence-electron chi connectivity index (χ1n) is 8.04. The Morgan fingerprint density at radius 3 is 2.56 bits per heavy atom. The van der Waals surface area contributed by atoms with E-state index in [1.807, 2.05) is 36.0 Å². The van der Waals surface area contributed by atoms with Crippen molar-refractivity contribution in [2.24, 2.45) is 7.05 Å². The van der Waals surface area contributed by atoms with Crippen molar-refractivity contribution >= 4 is 56.3 Å². The molecular formula is C20H17IN2O4. The molecule has 0 bridgehead atoms. The minimum Gasteiger partial charge on any atom is -0.478 e. The summed E-state index contributed by atoms with van der Waals surface area (Å²) in [7, 11) is 3.38. The molecule has 0 aliphatic carbocycles. The Morgan fingerprint density at radius 1 is 1.11 bits per heavy atom. The van der Waals surface area contributed by atoms with Gasteiger partial charge in [0.25, 0.3) is 0 Å². The first-order chi connectivity index (χ1) is 12.9. The Labute approximate surface area is 168 Å². The average molecular weight is 476 g/mol. The lowest BCUT2D eigenvalue weighted by molar-refractivity contribution is 0.0600. The number of rotatable bonds is 2. The van der Waals surface area contributed by atoms with Crippen LogP contribution >= 0.6 is 22.6 Å². The number of aromatic nitrogens is 2. The van der Waals surface area contributed by atoms with Gasteiger partial charge in [0.05, 0.1) is 18.2 Å². The van der Waals surface area contributed by atoms with Crippen LogP contribution in [0.25, 0.3) is 21.8 Å². The number of aromatic carboxylic acids is 1. The zero-order valence-corrected chi connectivity index (χ0v) is 16.9. The zero-order valence-electron chi connectivity index (χ0n) is 14.7. The number of carboxylic acids is 1. The fraction of sp³-hybridized carbons (Fsp3) is 0.100. The monoisotopic (exact) mass is 476 g/mol. The van der Waals surface area contributed by atoms with E-state index in [-0.39, 0.29) is 5.97 Å². The van der Waals surface area contributed by atoms with E-state index in [0.717, 1.165) is 25.4 Å². The molecule has 2 aromatic heterocycles. The molecule has 0 fully saturated rings. The maximum absolute atomic E-state index is 11.3. The summed E-state index contributed by atoms with van der Waals surface area (Å²) in [5.41, 5.74) is 2.99. The first-order valence-corrected chi connectivity index (χ1v) is 9.12. The predicted molar refractivity (Wildman–Crippen MR) is 112 cm³/mol. The van der Waals surface area contributed by atoms with Crippen LogP contribution in [0.3, 0.4) is 0 Å². The Kier molecular flexibility index (Phi) is 5.50. The second-order valence-corrected chi connectivity index (χ2v) is 7.06. The van der Waals surface area contributed by atoms with Crippen molar-refractivity contribution in [1.82, 2.24) is 9.55 Å². The molecule has 0 radical (unpaired) electrons. The van der Waals surface area contributed by atoms with Gasteiger partial charge in [-0.05, 0) is 65.1 Å². The number of halogens is 1. The molecule has 0 spiro atoms. The fourth-order valence-corrected chi connectivity index (χ4v) is 3.62. The van der Waals surface area contributed by atoms with Gasteiger partial charge in [-0.1, -0.05) is 0 Å². The summed E-state index contributed by atoms with van der Waals surface area (Å²) >= 11 is 2.26. The van der Waals surface area contributed by atoms with Crippen LogP contribution in [-0.4, -0.2) is 33.7 Å². The molecule has 4 aromatic rings. The highest BCUT2D eigenvalue weighted by atomic mass is 127. The summed E-state index contributed by atoms with van der Waals surface area (Å²) in [6.45, 7) is 0. The highest BCUT2D eigenvalue weighted by molar-refractivity contribution is 14.1. The van der Waals surface area contributed by atoms with Crippen molar-refractivity contribution in [2.75, 3.05) is 7.11 Å². The van der Waals surface area contributed by atoms with E-state index in [9.17, 15) is 9.59 Å². The Hall–Kier alpha value is -2.81. The number of carbonyl (C=O) groups is 2. The van der Waals surface area contributed by atoms with Gasteiger partial charge in [-0.3, -0.25) is 0 Å². The highest BCUT2D eigenvalue weighted by Crippen LogP contribution is 2.23. The third kappa shape index (κ3) is 3.97. The molecule has 2 aromatic carbocycles. The van der Waals surface area contributed by atoms with Crippen LogP contribution in [0.2, 0.25) is 0 Å². The van der Waals surface area contributed by atoms with E-state index in [1.165, 1.54) is 7.11 Å². The second-order valence-electron chi connectivity index (χ2n) is 5.90. The lowest BCUT2D eigenvalue weighted by Crippen LogP contribution is -2.00. The Balaban J connectivity index is 0.000000159. The van der Waals surface area contributed by atoms with E-state index in [4.69, 9.17) is 5.11 Å². The van der Waals surface area contributed by atoms with Crippen molar-refractivity contribution in [3.8, 4) is 0 Å². The van der Waals surface area contributed by atoms with Crippen molar-refractivity contribution in [2.45, 2.75) is 0 Å². The lowest BCUT2D eigenvalue weighted by atomic mass is 10.1. The average Bonchev–Trinajstić information content (AvgIpc) is 3.25. The van der Waals surface area contributed by atoms with Crippen LogP contribution in [0.15, 0.2) is 54.9 Å². The minimum absolute atomic E-state index is 0.295. The number of esters is 1. The molecule has 0 saturated carbocycles. The van der Waals surface area contributed by atoms with E-state index in [1.54, 1.807) is 30.5 Å². The number of aromatic amines is 1. The zero-order chi connectivity index (χ0) is 19.6. The molecule has 0 amide bonds. The number of methoxy groups -OCH3 is 1. The van der Waals surface area contributed by atoms with Gasteiger partial charge in [0.1, 0.15) is 0 Å². The van der Waals surface area contributed by atoms with Crippen LogP contribution < -0.4 is 0 Å². The van der Waals surface area contributed by atoms with Gasteiger partial charge < -0.3 is 19.4 Å². The molecule has 2 N–H and O–H groups in total. The Morgan fingerprint density at radius 2 is 1.85 bits per heavy atom. The molecule has 0 unspecified atom stereocenters. The van der Waals surface area contributed by atoms with Crippen LogP contribution in [0.1, 0.15) is 20.7 Å². The first kappa shape index (κ1) is 19.0. The van der Waals surface area contributed by atoms with Gasteiger partial charge in [0.15, 0.2) is 0 Å². The van der Waals surface area contributed by atoms with Crippen LogP contribution in [-0.2, 0) is 11.8 Å². The Bertz CT molecular complexity index is 1140. The van der Waals surface area contributed by atoms with E-state index >= 15 is 0 Å². The number of nitrogens with one attached hydrogen (secondary N) is 1. The van der Waals surface area contributed by atoms with Gasteiger partial charge in [-0.2, -0.15) is 0 Å². The SMILES string of the molecule is COC(=O)c1ccc2c(c1)c(I)cn2C.O=C(O)c1ccc2[nH]ccc2c1. The lowest BCUT2D eigenvalue weighted by Gasteiger charge is -2.00. The number of nitrogens with zero attached hydrogens (tertiary/aromatic N) is 1. The number of aryl methyl sites for hydroxylation is 1. The normalized spacial score (nSPS) is 10.5. The predicted octanol–water partition coefficient (Wildman–Crippen LogP) is 4.44. The van der Waals surface area contributed by atoms with E-state index in [0.29, 0.717) is 11.1 Å². The number of ether oxygens (including phenoxy) is 1. The molecule has 6 nitrogen and oxygen atoms in total. The standard InChI is InChI=1S/C11H10INO2.C9H7NO2/c1-13-6-9(12)8-5-7(11(14)15-2)3-4-10(8)13;11-9(12)7-1-2-8-6(5-7)3-4-10-8/h3-6H,1-2H3;1-5,10H,(H,11,12). The smallest absolute Gasteiger partial charge is 0.337 e. The van der Waals surface area contributed by atoms with Crippen molar-refractivity contribution in [3.63, 3.8) is 0 Å². The number of carbonyl (C=O) groups excluding carboxylic acids is 1. The molecule has 0 aliphatic heterocycles. The number of hydrogen-bond acceptors (Lipinski definition) is 3. The molecule has 4 rings (SSSR count). The van der Waals surface area contributed by atoms with Crippen LogP contribution in [0.4, 0.5) is 0 Å². The summed E-state index contributed by atoms with van der Waals surface area (Å²) in [6, 6.07) is 12.4. The summed E-state index contributed by atoms with van der Waals surface area (Å²) in [6.07, 6.45) is 3.82. The number of carboxylic acid groups (broad SMARTS) is 1. The molecule has 27 heavy (non-hydrogen) atoms. The number of H-pyrrole nitrogens is 1. The third-order valence-corrected chi connectivity index (χ3v) is 5.02. The van der Waals surface area contributed by atoms with Gasteiger partial charge in [0, 0.05) is 44.8 Å². The third-order valence-electron chi connectivity index (χ3n) is 4.16. The molecule has 2 heterocycles. The number of benzene rings is 2. The van der Waals surface area contributed by atoms with Crippen molar-refractivity contribution in [3.05, 3.63) is 69.6 Å². The van der Waals surface area contributed by atoms with Gasteiger partial charge in [0.2, 0.25) is 0 Å². The summed E-state index contributed by atoms with van der Waals surface area (Å²) < 4.78 is 7.86. The minimum atomic E-state index is -0.891. The molecule has 138 valence electrons. The topological polar surface area (TPSA) is 84.3 Å². The second kappa shape index (κ2) is 7.83. The molecular weight excluding hydrogens is 459 g/mol.